The van der Waals surface area contributed by atoms with Gasteiger partial charge in [0.2, 0.25) is 5.91 Å². The van der Waals surface area contributed by atoms with E-state index in [2.05, 4.69) is 15.3 Å². The van der Waals surface area contributed by atoms with Crippen LogP contribution in [0.15, 0.2) is 18.5 Å². The van der Waals surface area contributed by atoms with Gasteiger partial charge in [-0.15, -0.1) is 0 Å². The van der Waals surface area contributed by atoms with Crippen LogP contribution in [0.3, 0.4) is 0 Å². The summed E-state index contributed by atoms with van der Waals surface area (Å²) < 4.78 is 5.79. The summed E-state index contributed by atoms with van der Waals surface area (Å²) in [6.45, 7) is 0. The maximum Gasteiger partial charge on any atom is 0.316 e. The van der Waals surface area contributed by atoms with Crippen molar-refractivity contribution in [2.45, 2.75) is 69.9 Å². The molecule has 2 aliphatic rings. The molecule has 0 saturated heterocycles. The molecule has 5 heteroatoms. The SMILES string of the molecule is O=C(NC1CCC(Oc2ncccn2)CC1)C1CCCCC1. The van der Waals surface area contributed by atoms with Gasteiger partial charge in [0.1, 0.15) is 6.10 Å². The Morgan fingerprint density at radius 3 is 2.36 bits per heavy atom. The summed E-state index contributed by atoms with van der Waals surface area (Å²) in [6, 6.07) is 2.55. The Kier molecular flexibility index (Phi) is 5.24. The number of hydrogen-bond acceptors (Lipinski definition) is 4. The van der Waals surface area contributed by atoms with Crippen molar-refractivity contribution in [3.05, 3.63) is 18.5 Å². The molecule has 120 valence electrons. The highest BCUT2D eigenvalue weighted by atomic mass is 16.5. The van der Waals surface area contributed by atoms with Gasteiger partial charge in [0.05, 0.1) is 0 Å². The molecule has 2 saturated carbocycles. The molecule has 0 radical (unpaired) electrons. The molecule has 0 unspecified atom stereocenters. The van der Waals surface area contributed by atoms with Gasteiger partial charge in [0.15, 0.2) is 0 Å². The van der Waals surface area contributed by atoms with Crippen molar-refractivity contribution < 1.29 is 9.53 Å². The van der Waals surface area contributed by atoms with Crippen LogP contribution >= 0.6 is 0 Å². The zero-order valence-corrected chi connectivity index (χ0v) is 13.0. The van der Waals surface area contributed by atoms with Gasteiger partial charge < -0.3 is 10.1 Å². The first-order chi connectivity index (χ1) is 10.8. The molecule has 1 aromatic rings. The first-order valence-corrected chi connectivity index (χ1v) is 8.55. The summed E-state index contributed by atoms with van der Waals surface area (Å²) in [6.07, 6.45) is 13.2. The second-order valence-corrected chi connectivity index (χ2v) is 6.47. The van der Waals surface area contributed by atoms with E-state index in [4.69, 9.17) is 4.74 Å². The smallest absolute Gasteiger partial charge is 0.316 e. The highest BCUT2D eigenvalue weighted by Crippen LogP contribution is 2.26. The van der Waals surface area contributed by atoms with Gasteiger partial charge in [-0.25, -0.2) is 9.97 Å². The molecular weight excluding hydrogens is 278 g/mol. The van der Waals surface area contributed by atoms with Gasteiger partial charge in [-0.2, -0.15) is 0 Å². The number of nitrogens with one attached hydrogen (secondary N) is 1. The minimum absolute atomic E-state index is 0.172. The van der Waals surface area contributed by atoms with E-state index in [1.54, 1.807) is 18.5 Å². The van der Waals surface area contributed by atoms with E-state index >= 15 is 0 Å². The van der Waals surface area contributed by atoms with Gasteiger partial charge >= 0.3 is 6.01 Å². The molecule has 1 heterocycles. The Morgan fingerprint density at radius 1 is 1.00 bits per heavy atom. The highest BCUT2D eigenvalue weighted by molar-refractivity contribution is 5.79. The molecule has 0 aliphatic heterocycles. The fraction of sp³-hybridized carbons (Fsp3) is 0.706. The highest BCUT2D eigenvalue weighted by Gasteiger charge is 2.27. The van der Waals surface area contributed by atoms with Crippen molar-refractivity contribution in [2.75, 3.05) is 0 Å². The summed E-state index contributed by atoms with van der Waals surface area (Å²) in [5.74, 6) is 0.524. The van der Waals surface area contributed by atoms with E-state index in [0.29, 0.717) is 12.1 Å². The lowest BCUT2D eigenvalue weighted by Gasteiger charge is -2.30. The third-order valence-corrected chi connectivity index (χ3v) is 4.81. The molecule has 2 aliphatic carbocycles. The average molecular weight is 303 g/mol. The predicted molar refractivity (Wildman–Crippen MR) is 83.4 cm³/mol. The standard InChI is InChI=1S/C17H25N3O2/c21-16(13-5-2-1-3-6-13)20-14-7-9-15(10-8-14)22-17-18-11-4-12-19-17/h4,11-15H,1-3,5-10H2,(H,20,21). The summed E-state index contributed by atoms with van der Waals surface area (Å²) in [5.41, 5.74) is 0. The second kappa shape index (κ2) is 7.56. The maximum absolute atomic E-state index is 12.3. The average Bonchev–Trinajstić information content (AvgIpc) is 2.58. The summed E-state index contributed by atoms with van der Waals surface area (Å²) >= 11 is 0. The number of amides is 1. The molecule has 1 aromatic heterocycles. The van der Waals surface area contributed by atoms with Gasteiger partial charge in [-0.1, -0.05) is 19.3 Å². The van der Waals surface area contributed by atoms with Crippen molar-refractivity contribution in [3.63, 3.8) is 0 Å². The largest absolute Gasteiger partial charge is 0.460 e. The Balaban J connectivity index is 1.40. The molecule has 0 bridgehead atoms. The van der Waals surface area contributed by atoms with E-state index in [0.717, 1.165) is 38.5 Å². The minimum atomic E-state index is 0.172. The van der Waals surface area contributed by atoms with E-state index in [1.165, 1.54) is 19.3 Å². The van der Waals surface area contributed by atoms with Crippen LogP contribution in [0.5, 0.6) is 6.01 Å². The number of carbonyl (C=O) groups is 1. The fourth-order valence-electron chi connectivity index (χ4n) is 3.50. The molecule has 0 atom stereocenters. The Labute approximate surface area is 131 Å². The number of rotatable bonds is 4. The number of ether oxygens (including phenoxy) is 1. The normalized spacial score (nSPS) is 26.4. The fourth-order valence-corrected chi connectivity index (χ4v) is 3.50. The quantitative estimate of drug-likeness (QED) is 0.929. The third kappa shape index (κ3) is 4.18. The Bertz CT molecular complexity index is 466. The van der Waals surface area contributed by atoms with Gasteiger partial charge in [-0.3, -0.25) is 4.79 Å². The molecule has 3 rings (SSSR count). The van der Waals surface area contributed by atoms with E-state index in [9.17, 15) is 4.79 Å². The summed E-state index contributed by atoms with van der Waals surface area (Å²) in [7, 11) is 0. The zero-order valence-electron chi connectivity index (χ0n) is 13.0. The topological polar surface area (TPSA) is 64.1 Å². The van der Waals surface area contributed by atoms with Crippen LogP contribution in [0.25, 0.3) is 0 Å². The maximum atomic E-state index is 12.3. The molecule has 2 fully saturated rings. The number of aromatic nitrogens is 2. The second-order valence-electron chi connectivity index (χ2n) is 6.47. The van der Waals surface area contributed by atoms with Crippen molar-refractivity contribution in [3.8, 4) is 6.01 Å². The molecule has 22 heavy (non-hydrogen) atoms. The first kappa shape index (κ1) is 15.3. The van der Waals surface area contributed by atoms with Crippen molar-refractivity contribution in [1.29, 1.82) is 0 Å². The Morgan fingerprint density at radius 2 is 1.68 bits per heavy atom. The zero-order chi connectivity index (χ0) is 15.2. The number of hydrogen-bond donors (Lipinski definition) is 1. The van der Waals surface area contributed by atoms with E-state index in [-0.39, 0.29) is 17.9 Å². The molecule has 1 N–H and O–H groups in total. The molecular formula is C17H25N3O2. The van der Waals surface area contributed by atoms with Crippen molar-refractivity contribution >= 4 is 5.91 Å². The van der Waals surface area contributed by atoms with Crippen LogP contribution in [0, 0.1) is 5.92 Å². The lowest BCUT2D eigenvalue weighted by atomic mass is 9.87. The van der Waals surface area contributed by atoms with Crippen LogP contribution in [-0.4, -0.2) is 28.0 Å². The Hall–Kier alpha value is -1.65. The first-order valence-electron chi connectivity index (χ1n) is 8.55. The van der Waals surface area contributed by atoms with Crippen LogP contribution in [0.1, 0.15) is 57.8 Å². The minimum Gasteiger partial charge on any atom is -0.460 e. The molecule has 0 spiro atoms. The molecule has 0 aromatic carbocycles. The lowest BCUT2D eigenvalue weighted by molar-refractivity contribution is -0.127. The number of nitrogens with zero attached hydrogens (tertiary/aromatic N) is 2. The molecule has 1 amide bonds. The number of carbonyl (C=O) groups excluding carboxylic acids is 1. The van der Waals surface area contributed by atoms with E-state index in [1.807, 2.05) is 0 Å². The van der Waals surface area contributed by atoms with Crippen LogP contribution in [-0.2, 0) is 4.79 Å². The third-order valence-electron chi connectivity index (χ3n) is 4.81. The molecule has 5 nitrogen and oxygen atoms in total. The monoisotopic (exact) mass is 303 g/mol. The summed E-state index contributed by atoms with van der Waals surface area (Å²) in [5, 5.41) is 3.25. The van der Waals surface area contributed by atoms with Gasteiger partial charge in [0, 0.05) is 24.4 Å². The summed E-state index contributed by atoms with van der Waals surface area (Å²) in [4.78, 5) is 20.5. The van der Waals surface area contributed by atoms with Crippen LogP contribution in [0.2, 0.25) is 0 Å². The predicted octanol–water partition coefficient (Wildman–Crippen LogP) is 2.86. The van der Waals surface area contributed by atoms with E-state index < -0.39 is 0 Å². The van der Waals surface area contributed by atoms with Gasteiger partial charge in [-0.05, 0) is 44.6 Å². The van der Waals surface area contributed by atoms with Crippen molar-refractivity contribution in [2.24, 2.45) is 5.92 Å². The van der Waals surface area contributed by atoms with Crippen LogP contribution in [0.4, 0.5) is 0 Å². The lowest BCUT2D eigenvalue weighted by Crippen LogP contribution is -2.42. The van der Waals surface area contributed by atoms with Crippen LogP contribution < -0.4 is 10.1 Å². The van der Waals surface area contributed by atoms with Crippen molar-refractivity contribution in [1.82, 2.24) is 15.3 Å². The van der Waals surface area contributed by atoms with Gasteiger partial charge in [0.25, 0.3) is 0 Å².